The Hall–Kier alpha value is -1.37. The maximum atomic E-state index is 12.2. The molecule has 0 spiro atoms. The molecule has 7 heteroatoms. The van der Waals surface area contributed by atoms with Gasteiger partial charge in [-0.05, 0) is 17.7 Å². The van der Waals surface area contributed by atoms with Crippen molar-refractivity contribution >= 4 is 15.6 Å². The van der Waals surface area contributed by atoms with Crippen LogP contribution in [0.4, 0.5) is 13.2 Å². The van der Waals surface area contributed by atoms with Crippen LogP contribution in [0.2, 0.25) is 0 Å². The number of Topliss-reactive ketones (excluding diaryl/α,β-unsaturated/α-hetero) is 1. The van der Waals surface area contributed by atoms with E-state index >= 15 is 0 Å². The quantitative estimate of drug-likeness (QED) is 0.863. The lowest BCUT2D eigenvalue weighted by atomic mass is 9.70. The summed E-state index contributed by atoms with van der Waals surface area (Å²) in [6, 6.07) is 5.31. The van der Waals surface area contributed by atoms with Gasteiger partial charge in [-0.1, -0.05) is 19.1 Å². The predicted molar refractivity (Wildman–Crippen MR) is 66.1 cm³/mol. The SMILES string of the molecule is CC1C(=O)CC1c1ccc(S(=O)(=O)CC(F)(F)F)cc1. The van der Waals surface area contributed by atoms with E-state index in [2.05, 4.69) is 0 Å². The highest BCUT2D eigenvalue weighted by Crippen LogP contribution is 2.39. The first-order valence-corrected chi connectivity index (χ1v) is 7.67. The number of hydrogen-bond donors (Lipinski definition) is 0. The molecule has 0 amide bonds. The van der Waals surface area contributed by atoms with E-state index in [9.17, 15) is 26.4 Å². The molecule has 1 aliphatic rings. The number of benzene rings is 1. The van der Waals surface area contributed by atoms with Crippen LogP contribution < -0.4 is 0 Å². The van der Waals surface area contributed by atoms with Gasteiger partial charge in [-0.25, -0.2) is 8.42 Å². The van der Waals surface area contributed by atoms with Crippen molar-refractivity contribution < 1.29 is 26.4 Å². The Morgan fingerprint density at radius 3 is 2.15 bits per heavy atom. The molecule has 0 bridgehead atoms. The van der Waals surface area contributed by atoms with E-state index in [4.69, 9.17) is 0 Å². The fraction of sp³-hybridized carbons (Fsp3) is 0.462. The largest absolute Gasteiger partial charge is 0.403 e. The lowest BCUT2D eigenvalue weighted by molar-refractivity contribution is -0.130. The van der Waals surface area contributed by atoms with Crippen molar-refractivity contribution in [3.63, 3.8) is 0 Å². The monoisotopic (exact) mass is 306 g/mol. The molecule has 1 fully saturated rings. The van der Waals surface area contributed by atoms with Gasteiger partial charge in [0.1, 0.15) is 5.78 Å². The summed E-state index contributed by atoms with van der Waals surface area (Å²) >= 11 is 0. The lowest BCUT2D eigenvalue weighted by Gasteiger charge is -2.32. The summed E-state index contributed by atoms with van der Waals surface area (Å²) in [5.74, 6) is -1.81. The average molecular weight is 306 g/mol. The van der Waals surface area contributed by atoms with Crippen LogP contribution in [0.15, 0.2) is 29.2 Å². The van der Waals surface area contributed by atoms with Crippen molar-refractivity contribution in [3.8, 4) is 0 Å². The van der Waals surface area contributed by atoms with E-state index in [0.29, 0.717) is 6.42 Å². The molecule has 0 radical (unpaired) electrons. The van der Waals surface area contributed by atoms with Gasteiger partial charge >= 0.3 is 6.18 Å². The second-order valence-electron chi connectivity index (χ2n) is 5.01. The Bertz CT molecular complexity index is 617. The van der Waals surface area contributed by atoms with Gasteiger partial charge in [0.15, 0.2) is 15.6 Å². The number of sulfone groups is 1. The van der Waals surface area contributed by atoms with E-state index in [1.807, 2.05) is 0 Å². The third kappa shape index (κ3) is 3.03. The van der Waals surface area contributed by atoms with Crippen molar-refractivity contribution in [2.75, 3.05) is 5.75 Å². The van der Waals surface area contributed by atoms with Gasteiger partial charge in [0.2, 0.25) is 0 Å². The van der Waals surface area contributed by atoms with Crippen molar-refractivity contribution in [1.29, 1.82) is 0 Å². The van der Waals surface area contributed by atoms with Gasteiger partial charge in [0.05, 0.1) is 4.90 Å². The number of carbonyl (C=O) groups is 1. The van der Waals surface area contributed by atoms with Crippen molar-refractivity contribution in [3.05, 3.63) is 29.8 Å². The number of halogens is 3. The van der Waals surface area contributed by atoms with Crippen LogP contribution in [-0.4, -0.2) is 26.1 Å². The highest BCUT2D eigenvalue weighted by molar-refractivity contribution is 7.91. The number of alkyl halides is 3. The Labute approximate surface area is 114 Å². The molecule has 0 aliphatic heterocycles. The van der Waals surface area contributed by atoms with Crippen LogP contribution >= 0.6 is 0 Å². The maximum absolute atomic E-state index is 12.2. The zero-order chi connectivity index (χ0) is 15.1. The van der Waals surface area contributed by atoms with Gasteiger partial charge in [0.25, 0.3) is 0 Å². The number of hydrogen-bond acceptors (Lipinski definition) is 3. The number of ketones is 1. The van der Waals surface area contributed by atoms with E-state index in [0.717, 1.165) is 5.56 Å². The van der Waals surface area contributed by atoms with E-state index in [-0.39, 0.29) is 22.5 Å². The van der Waals surface area contributed by atoms with E-state index in [1.165, 1.54) is 24.3 Å². The summed E-state index contributed by atoms with van der Waals surface area (Å²) in [5.41, 5.74) is 0.781. The summed E-state index contributed by atoms with van der Waals surface area (Å²) in [7, 11) is -4.37. The summed E-state index contributed by atoms with van der Waals surface area (Å²) in [5, 5.41) is 0. The fourth-order valence-electron chi connectivity index (χ4n) is 2.27. The topological polar surface area (TPSA) is 51.2 Å². The summed E-state index contributed by atoms with van der Waals surface area (Å²) < 4.78 is 59.7. The normalized spacial score (nSPS) is 23.5. The smallest absolute Gasteiger partial charge is 0.299 e. The molecule has 2 atom stereocenters. The third-order valence-electron chi connectivity index (χ3n) is 3.55. The molecule has 1 aromatic carbocycles. The fourth-order valence-corrected chi connectivity index (χ4v) is 3.42. The summed E-state index contributed by atoms with van der Waals surface area (Å²) in [6.45, 7) is 1.78. The Morgan fingerprint density at radius 2 is 1.75 bits per heavy atom. The average Bonchev–Trinajstić information content (AvgIpc) is 2.33. The van der Waals surface area contributed by atoms with Gasteiger partial charge < -0.3 is 0 Å². The second-order valence-corrected chi connectivity index (χ2v) is 7.00. The molecule has 1 aliphatic carbocycles. The first-order chi connectivity index (χ1) is 9.10. The van der Waals surface area contributed by atoms with Crippen LogP contribution in [-0.2, 0) is 14.6 Å². The summed E-state index contributed by atoms with van der Waals surface area (Å²) in [6.07, 6.45) is -4.36. The highest BCUT2D eigenvalue weighted by atomic mass is 32.2. The Morgan fingerprint density at radius 1 is 1.20 bits per heavy atom. The molecule has 20 heavy (non-hydrogen) atoms. The Kier molecular flexibility index (Phi) is 3.66. The first-order valence-electron chi connectivity index (χ1n) is 6.02. The van der Waals surface area contributed by atoms with Crippen LogP contribution in [0.1, 0.15) is 24.8 Å². The minimum atomic E-state index is -4.76. The zero-order valence-electron chi connectivity index (χ0n) is 10.6. The van der Waals surface area contributed by atoms with E-state index < -0.39 is 21.8 Å². The van der Waals surface area contributed by atoms with Gasteiger partial charge in [-0.2, -0.15) is 13.2 Å². The van der Waals surface area contributed by atoms with Gasteiger partial charge in [-0.3, -0.25) is 4.79 Å². The first kappa shape index (κ1) is 15.0. The lowest BCUT2D eigenvalue weighted by Crippen LogP contribution is -2.32. The standard InChI is InChI=1S/C13H13F3O3S/c1-8-11(6-12(8)17)9-2-4-10(5-3-9)20(18,19)7-13(14,15)16/h2-5,8,11H,6-7H2,1H3. The van der Waals surface area contributed by atoms with Crippen LogP contribution in [0, 0.1) is 5.92 Å². The van der Waals surface area contributed by atoms with Crippen molar-refractivity contribution in [2.24, 2.45) is 5.92 Å². The van der Waals surface area contributed by atoms with Crippen molar-refractivity contribution in [1.82, 2.24) is 0 Å². The molecule has 3 nitrogen and oxygen atoms in total. The molecular formula is C13H13F3O3S. The number of carbonyl (C=O) groups excluding carboxylic acids is 1. The van der Waals surface area contributed by atoms with Gasteiger partial charge in [0, 0.05) is 18.3 Å². The van der Waals surface area contributed by atoms with E-state index in [1.54, 1.807) is 6.92 Å². The molecular weight excluding hydrogens is 293 g/mol. The minimum Gasteiger partial charge on any atom is -0.299 e. The zero-order valence-corrected chi connectivity index (χ0v) is 11.5. The van der Waals surface area contributed by atoms with Crippen LogP contribution in [0.5, 0.6) is 0 Å². The molecule has 0 heterocycles. The van der Waals surface area contributed by atoms with Crippen molar-refractivity contribution in [2.45, 2.75) is 30.3 Å². The van der Waals surface area contributed by atoms with Crippen LogP contribution in [0.25, 0.3) is 0 Å². The van der Waals surface area contributed by atoms with Crippen LogP contribution in [0.3, 0.4) is 0 Å². The highest BCUT2D eigenvalue weighted by Gasteiger charge is 2.38. The number of rotatable bonds is 3. The molecule has 0 saturated heterocycles. The third-order valence-corrected chi connectivity index (χ3v) is 5.25. The second kappa shape index (κ2) is 4.87. The molecule has 0 N–H and O–H groups in total. The molecule has 2 unspecified atom stereocenters. The summed E-state index contributed by atoms with van der Waals surface area (Å²) in [4.78, 5) is 10.8. The maximum Gasteiger partial charge on any atom is 0.403 e. The minimum absolute atomic E-state index is 0.0295. The molecule has 2 rings (SSSR count). The molecule has 110 valence electrons. The Balaban J connectivity index is 2.19. The van der Waals surface area contributed by atoms with Gasteiger partial charge in [-0.15, -0.1) is 0 Å². The predicted octanol–water partition coefficient (Wildman–Crippen LogP) is 2.72. The molecule has 1 aromatic rings. The molecule has 0 aromatic heterocycles. The molecule has 1 saturated carbocycles.